The first kappa shape index (κ1) is 18.8. The van der Waals surface area contributed by atoms with Crippen LogP contribution in [0.3, 0.4) is 0 Å². The molecule has 27 heavy (non-hydrogen) atoms. The normalized spacial score (nSPS) is 10.7. The van der Waals surface area contributed by atoms with Gasteiger partial charge in [0.25, 0.3) is 5.89 Å². The lowest BCUT2D eigenvalue weighted by atomic mass is 10.2. The molecule has 0 fully saturated rings. The average molecular weight is 390 g/mol. The van der Waals surface area contributed by atoms with Gasteiger partial charge in [-0.1, -0.05) is 23.7 Å². The van der Waals surface area contributed by atoms with Crippen LogP contribution in [0.25, 0.3) is 11.5 Å². The second kappa shape index (κ2) is 8.18. The van der Waals surface area contributed by atoms with E-state index in [1.165, 1.54) is 13.2 Å². The van der Waals surface area contributed by atoms with Crippen LogP contribution in [0, 0.1) is 12.7 Å². The van der Waals surface area contributed by atoms with Crippen LogP contribution in [0.4, 0.5) is 10.1 Å². The van der Waals surface area contributed by atoms with Crippen molar-refractivity contribution in [1.82, 2.24) is 10.2 Å². The van der Waals surface area contributed by atoms with E-state index in [0.29, 0.717) is 16.5 Å². The molecule has 0 atom stereocenters. The van der Waals surface area contributed by atoms with Crippen molar-refractivity contribution < 1.29 is 18.3 Å². The Kier molecular flexibility index (Phi) is 5.71. The molecule has 6 nitrogen and oxygen atoms in total. The summed E-state index contributed by atoms with van der Waals surface area (Å²) in [6.45, 7) is 1.83. The van der Waals surface area contributed by atoms with E-state index in [0.717, 1.165) is 5.56 Å². The molecule has 1 N–H and O–H groups in total. The molecule has 0 bridgehead atoms. The van der Waals surface area contributed by atoms with Gasteiger partial charge in [-0.25, -0.2) is 4.39 Å². The molecule has 0 aliphatic heterocycles. The molecule has 1 amide bonds. The molecule has 140 valence electrons. The Morgan fingerprint density at radius 1 is 1.30 bits per heavy atom. The number of hydrogen-bond acceptors (Lipinski definition) is 5. The van der Waals surface area contributed by atoms with Crippen molar-refractivity contribution in [2.45, 2.75) is 19.8 Å². The van der Waals surface area contributed by atoms with Crippen LogP contribution in [0.5, 0.6) is 5.75 Å². The molecule has 0 saturated heterocycles. The van der Waals surface area contributed by atoms with Crippen molar-refractivity contribution in [3.63, 3.8) is 0 Å². The van der Waals surface area contributed by atoms with Crippen molar-refractivity contribution in [3.8, 4) is 17.2 Å². The zero-order chi connectivity index (χ0) is 19.4. The van der Waals surface area contributed by atoms with E-state index in [9.17, 15) is 9.18 Å². The van der Waals surface area contributed by atoms with E-state index in [4.69, 9.17) is 20.8 Å². The minimum absolute atomic E-state index is 0.0819. The minimum atomic E-state index is -0.448. The number of ether oxygens (including phenoxy) is 1. The van der Waals surface area contributed by atoms with Crippen LogP contribution < -0.4 is 10.1 Å². The van der Waals surface area contributed by atoms with E-state index < -0.39 is 5.82 Å². The maximum atomic E-state index is 13.8. The fraction of sp³-hybridized carbons (Fsp3) is 0.211. The molecular formula is C19H17ClFN3O3. The molecule has 0 unspecified atom stereocenters. The predicted molar refractivity (Wildman–Crippen MR) is 99.4 cm³/mol. The van der Waals surface area contributed by atoms with E-state index in [2.05, 4.69) is 15.5 Å². The van der Waals surface area contributed by atoms with Crippen LogP contribution in [-0.4, -0.2) is 23.2 Å². The summed E-state index contributed by atoms with van der Waals surface area (Å²) in [6.07, 6.45) is 0.339. The Morgan fingerprint density at radius 2 is 2.07 bits per heavy atom. The highest BCUT2D eigenvalue weighted by Gasteiger charge is 2.15. The van der Waals surface area contributed by atoms with Crippen LogP contribution in [0.15, 0.2) is 40.8 Å². The first-order valence-corrected chi connectivity index (χ1v) is 8.57. The highest BCUT2D eigenvalue weighted by molar-refractivity contribution is 6.31. The lowest BCUT2D eigenvalue weighted by Gasteiger charge is -2.12. The highest BCUT2D eigenvalue weighted by Crippen LogP contribution is 2.31. The van der Waals surface area contributed by atoms with Crippen molar-refractivity contribution in [1.29, 1.82) is 0 Å². The highest BCUT2D eigenvalue weighted by atomic mass is 35.5. The molecule has 3 rings (SSSR count). The summed E-state index contributed by atoms with van der Waals surface area (Å²) in [4.78, 5) is 12.2. The van der Waals surface area contributed by atoms with E-state index in [1.807, 2.05) is 6.92 Å². The smallest absolute Gasteiger partial charge is 0.250 e. The van der Waals surface area contributed by atoms with Gasteiger partial charge in [0.2, 0.25) is 11.8 Å². The number of benzene rings is 2. The minimum Gasteiger partial charge on any atom is -0.495 e. The Bertz CT molecular complexity index is 975. The number of aromatic nitrogens is 2. The van der Waals surface area contributed by atoms with Gasteiger partial charge in [-0.05, 0) is 30.7 Å². The number of carbonyl (C=O) groups excluding carboxylic acids is 1. The number of nitrogens with one attached hydrogen (secondary N) is 1. The standard InChI is InChI=1S/C19H17ClFN3O3/c1-11-9-15(16(26-2)10-13(11)20)22-17(25)7-8-18-23-24-19(27-18)12-5-3-4-6-14(12)21/h3-6,9-10H,7-8H2,1-2H3,(H,22,25). The van der Waals surface area contributed by atoms with Crippen molar-refractivity contribution in [2.75, 3.05) is 12.4 Å². The molecule has 0 aliphatic carbocycles. The molecule has 0 radical (unpaired) electrons. The molecule has 0 aliphatic rings. The average Bonchev–Trinajstić information content (AvgIpc) is 3.12. The van der Waals surface area contributed by atoms with Crippen LogP contribution in [0.2, 0.25) is 5.02 Å². The summed E-state index contributed by atoms with van der Waals surface area (Å²) >= 11 is 6.06. The van der Waals surface area contributed by atoms with Crippen LogP contribution in [0.1, 0.15) is 17.9 Å². The largest absolute Gasteiger partial charge is 0.495 e. The van der Waals surface area contributed by atoms with Gasteiger partial charge in [0, 0.05) is 23.9 Å². The first-order chi connectivity index (χ1) is 13.0. The first-order valence-electron chi connectivity index (χ1n) is 8.19. The molecular weight excluding hydrogens is 373 g/mol. The summed E-state index contributed by atoms with van der Waals surface area (Å²) in [6, 6.07) is 9.50. The molecule has 2 aromatic carbocycles. The van der Waals surface area contributed by atoms with Crippen molar-refractivity contribution >= 4 is 23.2 Å². The van der Waals surface area contributed by atoms with E-state index >= 15 is 0 Å². The number of hydrogen-bond donors (Lipinski definition) is 1. The summed E-state index contributed by atoms with van der Waals surface area (Å²) < 4.78 is 24.4. The summed E-state index contributed by atoms with van der Waals surface area (Å²) in [7, 11) is 1.50. The maximum Gasteiger partial charge on any atom is 0.250 e. The lowest BCUT2D eigenvalue weighted by Crippen LogP contribution is -2.13. The molecule has 1 aromatic heterocycles. The Balaban J connectivity index is 1.64. The number of anilines is 1. The van der Waals surface area contributed by atoms with Crippen LogP contribution >= 0.6 is 11.6 Å². The lowest BCUT2D eigenvalue weighted by molar-refractivity contribution is -0.116. The quantitative estimate of drug-likeness (QED) is 0.675. The molecule has 0 saturated carbocycles. The molecule has 0 spiro atoms. The van der Waals surface area contributed by atoms with Gasteiger partial charge < -0.3 is 14.5 Å². The number of aryl methyl sites for hydroxylation is 2. The third kappa shape index (κ3) is 4.43. The summed E-state index contributed by atoms with van der Waals surface area (Å²) in [5.74, 6) is 0.107. The number of nitrogens with zero attached hydrogens (tertiary/aromatic N) is 2. The van der Waals surface area contributed by atoms with Crippen LogP contribution in [-0.2, 0) is 11.2 Å². The van der Waals surface area contributed by atoms with Gasteiger partial charge in [-0.15, -0.1) is 10.2 Å². The van der Waals surface area contributed by atoms with Gasteiger partial charge in [0.15, 0.2) is 0 Å². The Morgan fingerprint density at radius 3 is 2.81 bits per heavy atom. The molecule has 8 heteroatoms. The number of halogens is 2. The van der Waals surface area contributed by atoms with Gasteiger partial charge in [-0.2, -0.15) is 0 Å². The fourth-order valence-corrected chi connectivity index (χ4v) is 2.61. The number of methoxy groups -OCH3 is 1. The topological polar surface area (TPSA) is 77.2 Å². The zero-order valence-electron chi connectivity index (χ0n) is 14.8. The monoisotopic (exact) mass is 389 g/mol. The van der Waals surface area contributed by atoms with Crippen molar-refractivity contribution in [3.05, 3.63) is 58.7 Å². The Hall–Kier alpha value is -2.93. The van der Waals surface area contributed by atoms with E-state index in [1.54, 1.807) is 30.3 Å². The summed E-state index contributed by atoms with van der Waals surface area (Å²) in [5.41, 5.74) is 1.57. The van der Waals surface area contributed by atoms with Gasteiger partial charge in [-0.3, -0.25) is 4.79 Å². The third-order valence-corrected chi connectivity index (χ3v) is 4.30. The fourth-order valence-electron chi connectivity index (χ4n) is 2.46. The maximum absolute atomic E-state index is 13.8. The zero-order valence-corrected chi connectivity index (χ0v) is 15.5. The number of amides is 1. The molecule has 3 aromatic rings. The Labute approximate surface area is 160 Å². The summed E-state index contributed by atoms with van der Waals surface area (Å²) in [5, 5.41) is 11.0. The third-order valence-electron chi connectivity index (χ3n) is 3.89. The predicted octanol–water partition coefficient (Wildman–Crippen LogP) is 4.42. The molecule has 1 heterocycles. The van der Waals surface area contributed by atoms with Gasteiger partial charge in [0.05, 0.1) is 18.4 Å². The number of carbonyl (C=O) groups is 1. The van der Waals surface area contributed by atoms with E-state index in [-0.39, 0.29) is 36.1 Å². The van der Waals surface area contributed by atoms with Crippen molar-refractivity contribution in [2.24, 2.45) is 0 Å². The second-order valence-corrected chi connectivity index (χ2v) is 6.24. The number of rotatable bonds is 6. The van der Waals surface area contributed by atoms with Gasteiger partial charge >= 0.3 is 0 Å². The SMILES string of the molecule is COc1cc(Cl)c(C)cc1NC(=O)CCc1nnc(-c2ccccc2F)o1. The van der Waals surface area contributed by atoms with Gasteiger partial charge in [0.1, 0.15) is 11.6 Å². The second-order valence-electron chi connectivity index (χ2n) is 5.83.